The van der Waals surface area contributed by atoms with Crippen LogP contribution in [0, 0.1) is 17.5 Å². The summed E-state index contributed by atoms with van der Waals surface area (Å²) in [5.74, 6) is -2.42. The van der Waals surface area contributed by atoms with Gasteiger partial charge in [0.05, 0.1) is 6.42 Å². The van der Waals surface area contributed by atoms with Gasteiger partial charge in [-0.1, -0.05) is 30.2 Å². The first kappa shape index (κ1) is 28.4. The van der Waals surface area contributed by atoms with E-state index in [1.165, 1.54) is 56.6 Å². The summed E-state index contributed by atoms with van der Waals surface area (Å²) in [6.45, 7) is 6.28. The van der Waals surface area contributed by atoms with Crippen LogP contribution < -0.4 is 0 Å². The summed E-state index contributed by atoms with van der Waals surface area (Å²) >= 11 is 6.20. The number of likely N-dealkylation sites (tertiary alicyclic amines) is 3. The zero-order valence-electron chi connectivity index (χ0n) is 22.6. The van der Waals surface area contributed by atoms with Crippen LogP contribution in [0.25, 0.3) is 0 Å². The summed E-state index contributed by atoms with van der Waals surface area (Å²) in [6.07, 6.45) is 8.41. The second kappa shape index (κ2) is 12.6. The molecule has 0 aromatic heterocycles. The third-order valence-corrected chi connectivity index (χ3v) is 9.58. The molecule has 212 valence electrons. The van der Waals surface area contributed by atoms with Gasteiger partial charge in [-0.25, -0.2) is 13.2 Å². The quantitative estimate of drug-likeness (QED) is 0.403. The Bertz CT molecular complexity index is 1130. The lowest BCUT2D eigenvalue weighted by Crippen LogP contribution is -2.51. The van der Waals surface area contributed by atoms with Crippen LogP contribution in [0.2, 0.25) is 5.02 Å². The van der Waals surface area contributed by atoms with Crippen molar-refractivity contribution < 1.29 is 18.0 Å². The van der Waals surface area contributed by atoms with E-state index < -0.39 is 22.9 Å². The zero-order chi connectivity index (χ0) is 27.4. The number of hydrogen-bond donors (Lipinski definition) is 0. The van der Waals surface area contributed by atoms with Gasteiger partial charge in [0.2, 0.25) is 5.91 Å². The molecule has 4 nitrogen and oxygen atoms in total. The van der Waals surface area contributed by atoms with E-state index in [1.807, 2.05) is 0 Å². The standard InChI is InChI=1S/C31H39ClF3N3O/c32-26-6-4-7-27(33)25(26)21-30(39)38-16-5-12-31(22-38,23-8-9-28(34)29(35)20-23)13-19-36-17-10-24(11-18-36)37-14-2-1-3-15-37/h4,6-9,20,24H,1-3,5,10-19,21-22H2. The first-order valence-corrected chi connectivity index (χ1v) is 14.8. The molecule has 0 saturated carbocycles. The van der Waals surface area contributed by atoms with E-state index in [2.05, 4.69) is 9.80 Å². The molecule has 8 heteroatoms. The second-order valence-corrected chi connectivity index (χ2v) is 12.0. The number of rotatable bonds is 7. The van der Waals surface area contributed by atoms with Crippen molar-refractivity contribution in [3.8, 4) is 0 Å². The van der Waals surface area contributed by atoms with Crippen molar-refractivity contribution in [2.75, 3.05) is 45.8 Å². The molecule has 0 N–H and O–H groups in total. The summed E-state index contributed by atoms with van der Waals surface area (Å²) in [5, 5.41) is 0.236. The Morgan fingerprint density at radius 2 is 1.67 bits per heavy atom. The Balaban J connectivity index is 1.29. The number of carbonyl (C=O) groups is 1. The minimum atomic E-state index is -0.869. The molecule has 3 fully saturated rings. The average Bonchev–Trinajstić information content (AvgIpc) is 2.96. The van der Waals surface area contributed by atoms with Crippen molar-refractivity contribution in [1.82, 2.24) is 14.7 Å². The lowest BCUT2D eigenvalue weighted by molar-refractivity contribution is -0.133. The van der Waals surface area contributed by atoms with Crippen LogP contribution in [-0.4, -0.2) is 72.5 Å². The molecule has 1 unspecified atom stereocenters. The molecule has 3 aliphatic heterocycles. The maximum atomic E-state index is 14.4. The molecular formula is C31H39ClF3N3O. The topological polar surface area (TPSA) is 26.8 Å². The highest BCUT2D eigenvalue weighted by molar-refractivity contribution is 6.31. The highest BCUT2D eigenvalue weighted by Gasteiger charge is 2.40. The average molecular weight is 562 g/mol. The Kier molecular flexibility index (Phi) is 9.20. The predicted octanol–water partition coefficient (Wildman–Crippen LogP) is 6.20. The van der Waals surface area contributed by atoms with Crippen molar-refractivity contribution in [3.05, 3.63) is 70.0 Å². The van der Waals surface area contributed by atoms with E-state index >= 15 is 0 Å². The van der Waals surface area contributed by atoms with Gasteiger partial charge >= 0.3 is 0 Å². The van der Waals surface area contributed by atoms with Gasteiger partial charge in [-0.15, -0.1) is 0 Å². The molecule has 5 rings (SSSR count). The fourth-order valence-electron chi connectivity index (χ4n) is 6.88. The third-order valence-electron chi connectivity index (χ3n) is 9.22. The number of nitrogens with zero attached hydrogens (tertiary/aromatic N) is 3. The summed E-state index contributed by atoms with van der Waals surface area (Å²) in [7, 11) is 0. The lowest BCUT2D eigenvalue weighted by atomic mass is 9.71. The van der Waals surface area contributed by atoms with Crippen LogP contribution in [0.4, 0.5) is 13.2 Å². The van der Waals surface area contributed by atoms with Gasteiger partial charge < -0.3 is 14.7 Å². The van der Waals surface area contributed by atoms with E-state index in [0.717, 1.165) is 57.3 Å². The van der Waals surface area contributed by atoms with Gasteiger partial charge in [0, 0.05) is 35.1 Å². The first-order chi connectivity index (χ1) is 18.8. The SMILES string of the molecule is O=C(Cc1c(F)cccc1Cl)N1CCCC(CCN2CCC(N3CCCCC3)CC2)(c2ccc(F)c(F)c2)C1. The van der Waals surface area contributed by atoms with Gasteiger partial charge in [0.15, 0.2) is 11.6 Å². The van der Waals surface area contributed by atoms with Crippen LogP contribution >= 0.6 is 11.6 Å². The number of carbonyl (C=O) groups excluding carboxylic acids is 1. The highest BCUT2D eigenvalue weighted by atomic mass is 35.5. The smallest absolute Gasteiger partial charge is 0.227 e. The Labute approximate surface area is 235 Å². The molecule has 0 radical (unpaired) electrons. The maximum absolute atomic E-state index is 14.4. The molecule has 0 spiro atoms. The largest absolute Gasteiger partial charge is 0.342 e. The number of benzene rings is 2. The molecule has 1 atom stereocenters. The van der Waals surface area contributed by atoms with E-state index in [0.29, 0.717) is 19.1 Å². The monoisotopic (exact) mass is 561 g/mol. The lowest BCUT2D eigenvalue weighted by Gasteiger charge is -2.45. The predicted molar refractivity (Wildman–Crippen MR) is 148 cm³/mol. The Morgan fingerprint density at radius 3 is 2.38 bits per heavy atom. The van der Waals surface area contributed by atoms with E-state index in [9.17, 15) is 18.0 Å². The van der Waals surface area contributed by atoms with E-state index in [4.69, 9.17) is 11.6 Å². The Hall–Kier alpha value is -2.09. The van der Waals surface area contributed by atoms with Crippen LogP contribution in [0.3, 0.4) is 0 Å². The Morgan fingerprint density at radius 1 is 0.897 bits per heavy atom. The van der Waals surface area contributed by atoms with Gasteiger partial charge in [-0.2, -0.15) is 0 Å². The molecular weight excluding hydrogens is 523 g/mol. The zero-order valence-corrected chi connectivity index (χ0v) is 23.4. The van der Waals surface area contributed by atoms with Crippen LogP contribution in [0.1, 0.15) is 62.5 Å². The van der Waals surface area contributed by atoms with Crippen molar-refractivity contribution >= 4 is 17.5 Å². The van der Waals surface area contributed by atoms with E-state index in [-0.39, 0.29) is 22.9 Å². The summed E-state index contributed by atoms with van der Waals surface area (Å²) in [6, 6.07) is 9.25. The second-order valence-electron chi connectivity index (χ2n) is 11.6. The van der Waals surface area contributed by atoms with Crippen LogP contribution in [0.5, 0.6) is 0 Å². The molecule has 3 saturated heterocycles. The molecule has 1 amide bonds. The van der Waals surface area contributed by atoms with Gasteiger partial charge in [0.1, 0.15) is 5.82 Å². The third kappa shape index (κ3) is 6.63. The molecule has 2 aromatic carbocycles. The number of halogens is 4. The minimum Gasteiger partial charge on any atom is -0.342 e. The van der Waals surface area contributed by atoms with Crippen molar-refractivity contribution in [3.63, 3.8) is 0 Å². The van der Waals surface area contributed by atoms with Crippen molar-refractivity contribution in [2.45, 2.75) is 69.2 Å². The van der Waals surface area contributed by atoms with Crippen LogP contribution in [0.15, 0.2) is 36.4 Å². The highest BCUT2D eigenvalue weighted by Crippen LogP contribution is 2.39. The van der Waals surface area contributed by atoms with Gasteiger partial charge in [-0.3, -0.25) is 4.79 Å². The maximum Gasteiger partial charge on any atom is 0.227 e. The molecule has 2 aromatic rings. The fourth-order valence-corrected chi connectivity index (χ4v) is 7.11. The molecule has 0 bridgehead atoms. The van der Waals surface area contributed by atoms with Crippen molar-refractivity contribution in [1.29, 1.82) is 0 Å². The molecule has 3 heterocycles. The number of amides is 1. The molecule has 3 aliphatic rings. The fraction of sp³-hybridized carbons (Fsp3) is 0.581. The normalized spacial score (nSPS) is 23.7. The summed E-state index contributed by atoms with van der Waals surface area (Å²) in [4.78, 5) is 20.3. The minimum absolute atomic E-state index is 0.122. The van der Waals surface area contributed by atoms with Gasteiger partial charge in [0.25, 0.3) is 0 Å². The van der Waals surface area contributed by atoms with Crippen molar-refractivity contribution in [2.24, 2.45) is 0 Å². The van der Waals surface area contributed by atoms with Gasteiger partial charge in [-0.05, 0) is 107 Å². The van der Waals surface area contributed by atoms with Crippen LogP contribution in [-0.2, 0) is 16.6 Å². The first-order valence-electron chi connectivity index (χ1n) is 14.5. The van der Waals surface area contributed by atoms with E-state index in [1.54, 1.807) is 17.0 Å². The molecule has 0 aliphatic carbocycles. The number of piperidine rings is 3. The number of hydrogen-bond acceptors (Lipinski definition) is 3. The summed E-state index contributed by atoms with van der Waals surface area (Å²) in [5.41, 5.74) is 0.432. The summed E-state index contributed by atoms with van der Waals surface area (Å²) < 4.78 is 42.7. The molecule has 39 heavy (non-hydrogen) atoms.